The number of carbonyl (C=O) groups is 2. The van der Waals surface area contributed by atoms with Gasteiger partial charge in [-0.25, -0.2) is 18.4 Å². The Morgan fingerprint density at radius 1 is 1.00 bits per heavy atom. The van der Waals surface area contributed by atoms with Gasteiger partial charge in [-0.2, -0.15) is 9.97 Å². The van der Waals surface area contributed by atoms with Crippen molar-refractivity contribution in [2.45, 2.75) is 104 Å². The summed E-state index contributed by atoms with van der Waals surface area (Å²) in [5.74, 6) is -0.812. The smallest absolute Gasteiger partial charge is 0.412 e. The Morgan fingerprint density at radius 2 is 1.69 bits per heavy atom. The van der Waals surface area contributed by atoms with E-state index < -0.39 is 28.9 Å². The summed E-state index contributed by atoms with van der Waals surface area (Å²) < 4.78 is 49.9. The molecule has 2 saturated heterocycles. The van der Waals surface area contributed by atoms with Crippen molar-refractivity contribution in [2.75, 3.05) is 36.5 Å². The Bertz CT molecular complexity index is 2110. The number of fused-ring (bicyclic) bond motifs is 4. The quantitative estimate of drug-likeness (QED) is 0.184. The van der Waals surface area contributed by atoms with E-state index in [1.807, 2.05) is 37.5 Å². The van der Waals surface area contributed by atoms with Crippen molar-refractivity contribution in [3.05, 3.63) is 47.7 Å². The number of piperazine rings is 1. The standard InChI is InChI=1S/C40H48F2N6O6/c1-8-26-29(41)12-9-22-15-23(44-36(50)53-38(2,3)4)16-27(30(22)26)32-31(42)33-28(17-43-32)34(46-35(45-33)52-21-40(20-49)13-14-40)47-18-24-10-11-25(19-47)48(24)37(51)54-39(5,6)7/h9,12,15-17,24-25,49H,8,10-11,13-14,18-21H2,1-7H3,(H,44,50). The van der Waals surface area contributed by atoms with Crippen molar-refractivity contribution < 1.29 is 37.7 Å². The predicted octanol–water partition coefficient (Wildman–Crippen LogP) is 7.77. The van der Waals surface area contributed by atoms with Crippen molar-refractivity contribution in [1.82, 2.24) is 19.9 Å². The Kier molecular flexibility index (Phi) is 9.56. The van der Waals surface area contributed by atoms with Crippen LogP contribution in [0.15, 0.2) is 30.5 Å². The lowest BCUT2D eigenvalue weighted by Gasteiger charge is -2.42. The van der Waals surface area contributed by atoms with Gasteiger partial charge >= 0.3 is 18.2 Å². The highest BCUT2D eigenvalue weighted by atomic mass is 19.1. The molecule has 2 atom stereocenters. The van der Waals surface area contributed by atoms with Gasteiger partial charge in [-0.05, 0) is 108 Å². The number of carbonyl (C=O) groups excluding carboxylic acids is 2. The van der Waals surface area contributed by atoms with Crippen LogP contribution >= 0.6 is 0 Å². The zero-order chi connectivity index (χ0) is 38.7. The first-order valence-electron chi connectivity index (χ1n) is 18.6. The molecule has 54 heavy (non-hydrogen) atoms. The number of aryl methyl sites for hydroxylation is 1. The summed E-state index contributed by atoms with van der Waals surface area (Å²) in [7, 11) is 0. The van der Waals surface area contributed by atoms with E-state index in [0.29, 0.717) is 52.7 Å². The van der Waals surface area contributed by atoms with E-state index >= 15 is 8.78 Å². The highest BCUT2D eigenvalue weighted by Crippen LogP contribution is 2.46. The van der Waals surface area contributed by atoms with Gasteiger partial charge in [-0.15, -0.1) is 0 Å². The van der Waals surface area contributed by atoms with Gasteiger partial charge in [0.2, 0.25) is 0 Å². The zero-order valence-electron chi connectivity index (χ0n) is 31.9. The third-order valence-electron chi connectivity index (χ3n) is 10.3. The van der Waals surface area contributed by atoms with Gasteiger partial charge in [-0.3, -0.25) is 15.2 Å². The topological polar surface area (TPSA) is 139 Å². The number of aromatic nitrogens is 3. The third kappa shape index (κ3) is 7.44. The minimum atomic E-state index is -0.776. The Hall–Kier alpha value is -4.85. The molecule has 2 aromatic heterocycles. The average Bonchev–Trinajstić information content (AvgIpc) is 3.82. The molecule has 2 aromatic carbocycles. The number of ether oxygens (including phenoxy) is 3. The lowest BCUT2D eigenvalue weighted by atomic mass is 9.94. The van der Waals surface area contributed by atoms with Gasteiger partial charge in [0, 0.05) is 36.0 Å². The maximum atomic E-state index is 17.3. The van der Waals surface area contributed by atoms with Crippen LogP contribution in [0.4, 0.5) is 29.9 Å². The lowest BCUT2D eigenvalue weighted by molar-refractivity contribution is 0.0122. The van der Waals surface area contributed by atoms with Gasteiger partial charge in [0.05, 0.1) is 30.7 Å². The number of nitrogens with zero attached hydrogens (tertiary/aromatic N) is 5. The number of halogens is 2. The molecular weight excluding hydrogens is 698 g/mol. The molecule has 3 fully saturated rings. The molecule has 4 aromatic rings. The first-order chi connectivity index (χ1) is 25.5. The molecule has 4 heterocycles. The Labute approximate surface area is 313 Å². The molecule has 3 aliphatic rings. The van der Waals surface area contributed by atoms with Crippen LogP contribution in [0.5, 0.6) is 6.01 Å². The number of amides is 2. The number of rotatable bonds is 8. The summed E-state index contributed by atoms with van der Waals surface area (Å²) in [6.07, 6.45) is 3.90. The fourth-order valence-corrected chi connectivity index (χ4v) is 7.49. The number of anilines is 2. The van der Waals surface area contributed by atoms with Gasteiger partial charge < -0.3 is 24.2 Å². The second-order valence-corrected chi connectivity index (χ2v) is 16.8. The van der Waals surface area contributed by atoms with Crippen molar-refractivity contribution in [1.29, 1.82) is 0 Å². The van der Waals surface area contributed by atoms with Crippen LogP contribution in [0.25, 0.3) is 32.9 Å². The summed E-state index contributed by atoms with van der Waals surface area (Å²) in [6, 6.07) is 5.83. The normalized spacial score (nSPS) is 19.3. The number of aliphatic hydroxyl groups excluding tert-OH is 1. The number of nitrogens with one attached hydrogen (secondary N) is 1. The Morgan fingerprint density at radius 3 is 2.30 bits per heavy atom. The summed E-state index contributed by atoms with van der Waals surface area (Å²) >= 11 is 0. The van der Waals surface area contributed by atoms with Crippen LogP contribution in [-0.4, -0.2) is 86.7 Å². The molecule has 1 aliphatic carbocycles. The first kappa shape index (κ1) is 37.5. The van der Waals surface area contributed by atoms with Crippen LogP contribution in [-0.2, 0) is 15.9 Å². The third-order valence-corrected chi connectivity index (χ3v) is 10.3. The second-order valence-electron chi connectivity index (χ2n) is 16.8. The fourth-order valence-electron chi connectivity index (χ4n) is 7.49. The minimum Gasteiger partial charge on any atom is -0.463 e. The van der Waals surface area contributed by atoms with Crippen LogP contribution in [0, 0.1) is 17.0 Å². The molecule has 0 spiro atoms. The number of aliphatic hydroxyl groups is 1. The van der Waals surface area contributed by atoms with E-state index in [1.54, 1.807) is 39.0 Å². The van der Waals surface area contributed by atoms with E-state index in [2.05, 4.69) is 15.3 Å². The van der Waals surface area contributed by atoms with E-state index in [4.69, 9.17) is 19.2 Å². The maximum absolute atomic E-state index is 17.3. The molecule has 7 rings (SSSR count). The molecule has 12 nitrogen and oxygen atoms in total. The molecule has 1 saturated carbocycles. The van der Waals surface area contributed by atoms with Crippen molar-refractivity contribution in [3.63, 3.8) is 0 Å². The number of pyridine rings is 1. The van der Waals surface area contributed by atoms with Crippen LogP contribution in [0.2, 0.25) is 0 Å². The van der Waals surface area contributed by atoms with Crippen molar-refractivity contribution >= 4 is 45.4 Å². The summed E-state index contributed by atoms with van der Waals surface area (Å²) in [6.45, 7) is 13.5. The van der Waals surface area contributed by atoms with Crippen LogP contribution < -0.4 is 15.0 Å². The molecule has 0 radical (unpaired) electrons. The molecule has 14 heteroatoms. The maximum Gasteiger partial charge on any atom is 0.412 e. The number of benzene rings is 2. The zero-order valence-corrected chi connectivity index (χ0v) is 31.9. The highest BCUT2D eigenvalue weighted by Gasteiger charge is 2.46. The van der Waals surface area contributed by atoms with Gasteiger partial charge in [0.25, 0.3) is 0 Å². The van der Waals surface area contributed by atoms with E-state index in [9.17, 15) is 14.7 Å². The SMILES string of the molecule is CCc1c(F)ccc2cc(NC(=O)OC(C)(C)C)cc(-c3ncc4c(N5CC6CCC(C5)N6C(=O)OC(C)(C)C)nc(OCC5(CO)CC5)nc4c3F)c12. The monoisotopic (exact) mass is 746 g/mol. The van der Waals surface area contributed by atoms with E-state index in [0.717, 1.165) is 25.7 Å². The van der Waals surface area contributed by atoms with Gasteiger partial charge in [0.15, 0.2) is 5.82 Å². The molecule has 2 unspecified atom stereocenters. The van der Waals surface area contributed by atoms with E-state index in [-0.39, 0.29) is 59.6 Å². The molecule has 288 valence electrons. The molecule has 2 amide bonds. The van der Waals surface area contributed by atoms with Crippen molar-refractivity contribution in [3.8, 4) is 17.3 Å². The Balaban J connectivity index is 1.34. The number of hydrogen-bond acceptors (Lipinski definition) is 10. The predicted molar refractivity (Wildman–Crippen MR) is 201 cm³/mol. The minimum absolute atomic E-state index is 0.0520. The van der Waals surface area contributed by atoms with Gasteiger partial charge in [0.1, 0.15) is 34.0 Å². The average molecular weight is 747 g/mol. The lowest BCUT2D eigenvalue weighted by Crippen LogP contribution is -2.57. The highest BCUT2D eigenvalue weighted by molar-refractivity contribution is 6.04. The molecule has 2 aliphatic heterocycles. The van der Waals surface area contributed by atoms with Crippen molar-refractivity contribution in [2.24, 2.45) is 5.41 Å². The number of hydrogen-bond donors (Lipinski definition) is 2. The molecule has 2 bridgehead atoms. The van der Waals surface area contributed by atoms with E-state index in [1.165, 1.54) is 12.3 Å². The molecule has 2 N–H and O–H groups in total. The largest absolute Gasteiger partial charge is 0.463 e. The van der Waals surface area contributed by atoms with Crippen LogP contribution in [0.1, 0.15) is 79.7 Å². The fraction of sp³-hybridized carbons (Fsp3) is 0.525. The summed E-state index contributed by atoms with van der Waals surface area (Å²) in [5, 5.41) is 14.1. The summed E-state index contributed by atoms with van der Waals surface area (Å²) in [4.78, 5) is 43.9. The van der Waals surface area contributed by atoms with Gasteiger partial charge in [-0.1, -0.05) is 13.0 Å². The second kappa shape index (κ2) is 13.8. The first-order valence-corrected chi connectivity index (χ1v) is 18.6. The molecular formula is C40H48F2N6O6. The summed E-state index contributed by atoms with van der Waals surface area (Å²) in [5.41, 5.74) is -0.994. The van der Waals surface area contributed by atoms with Crippen LogP contribution in [0.3, 0.4) is 0 Å².